The van der Waals surface area contributed by atoms with Gasteiger partial charge in [0.05, 0.1) is 14.1 Å². The Morgan fingerprint density at radius 1 is 0.833 bits per heavy atom. The average Bonchev–Trinajstić information content (AvgIpc) is 2.04. The first-order valence-electron chi connectivity index (χ1n) is 3.73. The summed E-state index contributed by atoms with van der Waals surface area (Å²) in [6.45, 7) is 0. The molecule has 2 unspecified atom stereocenters. The molecule has 0 spiro atoms. The molecule has 0 aromatic heterocycles. The van der Waals surface area contributed by atoms with E-state index >= 15 is 0 Å². The van der Waals surface area contributed by atoms with E-state index in [-0.39, 0.29) is 10.1 Å². The lowest BCUT2D eigenvalue weighted by Gasteiger charge is -2.18. The molecular weight excluding hydrogens is 156 g/mol. The van der Waals surface area contributed by atoms with E-state index in [1.807, 2.05) is 0 Å². The van der Waals surface area contributed by atoms with Crippen LogP contribution in [-0.4, -0.2) is 14.1 Å². The minimum Gasteiger partial charge on any atom is -0.629 e. The van der Waals surface area contributed by atoms with E-state index in [1.165, 1.54) is 14.1 Å². The molecule has 0 bridgehead atoms. The number of hydrogen-bond acceptors (Lipinski definition) is 2. The highest BCUT2D eigenvalue weighted by Crippen LogP contribution is 2.05. The van der Waals surface area contributed by atoms with Gasteiger partial charge in [-0.3, -0.25) is 0 Å². The van der Waals surface area contributed by atoms with Crippen molar-refractivity contribution in [2.75, 3.05) is 14.1 Å². The lowest BCUT2D eigenvalue weighted by atomic mass is 10.3. The van der Waals surface area contributed by atoms with Crippen LogP contribution in [-0.2, 0) is 0 Å². The van der Waals surface area contributed by atoms with E-state index in [4.69, 9.17) is 0 Å². The zero-order valence-corrected chi connectivity index (χ0v) is 7.13. The highest BCUT2D eigenvalue weighted by molar-refractivity contribution is 5.39. The molecule has 2 atom stereocenters. The van der Waals surface area contributed by atoms with Crippen molar-refractivity contribution in [1.82, 2.24) is 0 Å². The second kappa shape index (κ2) is 3.64. The van der Waals surface area contributed by atoms with Crippen molar-refractivity contribution in [3.05, 3.63) is 34.7 Å². The first-order valence-corrected chi connectivity index (χ1v) is 3.73. The van der Waals surface area contributed by atoms with Gasteiger partial charge in [-0.25, -0.2) is 0 Å². The summed E-state index contributed by atoms with van der Waals surface area (Å²) in [5, 5.41) is 21.7. The van der Waals surface area contributed by atoms with Gasteiger partial charge in [0.2, 0.25) is 0 Å². The molecule has 0 heterocycles. The maximum atomic E-state index is 10.8. The topological polar surface area (TPSA) is 55.0 Å². The zero-order chi connectivity index (χ0) is 9.14. The van der Waals surface area contributed by atoms with Gasteiger partial charge in [0.25, 0.3) is 0 Å². The summed E-state index contributed by atoms with van der Waals surface area (Å²) in [5.41, 5.74) is 1.28. The molecule has 0 saturated carbocycles. The standard InChI is InChI=1S/C8H12N2O2/c1-9(11)7-3-5-8(6-4-7)10(2)12/h3-6,9-10H,1-2H3. The summed E-state index contributed by atoms with van der Waals surface area (Å²) in [6.07, 6.45) is 0. The summed E-state index contributed by atoms with van der Waals surface area (Å²) >= 11 is 0. The summed E-state index contributed by atoms with van der Waals surface area (Å²) in [6, 6.07) is 6.66. The molecule has 12 heavy (non-hydrogen) atoms. The van der Waals surface area contributed by atoms with Crippen LogP contribution < -0.4 is 10.1 Å². The van der Waals surface area contributed by atoms with Crippen molar-refractivity contribution >= 4 is 11.4 Å². The lowest BCUT2D eigenvalue weighted by molar-refractivity contribution is -0.754. The number of hydrogen-bond donors (Lipinski definition) is 2. The first-order chi connectivity index (χ1) is 5.61. The van der Waals surface area contributed by atoms with Crippen molar-refractivity contribution < 1.29 is 10.1 Å². The Morgan fingerprint density at radius 2 is 1.08 bits per heavy atom. The Balaban J connectivity index is 2.86. The van der Waals surface area contributed by atoms with Gasteiger partial charge in [0, 0.05) is 24.3 Å². The number of rotatable bonds is 2. The van der Waals surface area contributed by atoms with Gasteiger partial charge in [-0.05, 0) is 0 Å². The number of nitrogens with one attached hydrogen (secondary N) is 2. The Kier molecular flexibility index (Phi) is 2.78. The monoisotopic (exact) mass is 168 g/mol. The van der Waals surface area contributed by atoms with Gasteiger partial charge >= 0.3 is 0 Å². The smallest absolute Gasteiger partial charge is 0.131 e. The van der Waals surface area contributed by atoms with Crippen LogP contribution in [0.15, 0.2) is 24.3 Å². The van der Waals surface area contributed by atoms with Crippen molar-refractivity contribution in [3.8, 4) is 0 Å². The fourth-order valence-electron chi connectivity index (χ4n) is 0.940. The average molecular weight is 168 g/mol. The van der Waals surface area contributed by atoms with E-state index < -0.39 is 0 Å². The van der Waals surface area contributed by atoms with Gasteiger partial charge in [0.1, 0.15) is 11.4 Å². The molecule has 0 saturated heterocycles. The number of hydroxylamine groups is 2. The SMILES string of the molecule is C[NH+]([O-])c1ccc([NH+](C)[O-])cc1. The molecule has 4 nitrogen and oxygen atoms in total. The van der Waals surface area contributed by atoms with Crippen molar-refractivity contribution in [2.45, 2.75) is 0 Å². The quantitative estimate of drug-likeness (QED) is 0.555. The second-order valence-corrected chi connectivity index (χ2v) is 2.69. The highest BCUT2D eigenvalue weighted by Gasteiger charge is 1.99. The van der Waals surface area contributed by atoms with E-state index in [9.17, 15) is 10.4 Å². The minimum absolute atomic E-state index is 0.0186. The largest absolute Gasteiger partial charge is 0.629 e. The van der Waals surface area contributed by atoms with Crippen LogP contribution in [0.2, 0.25) is 0 Å². The molecule has 0 radical (unpaired) electrons. The number of quaternary nitrogens is 2. The van der Waals surface area contributed by atoms with Crippen LogP contribution in [0.3, 0.4) is 0 Å². The molecule has 0 fully saturated rings. The van der Waals surface area contributed by atoms with Crippen molar-refractivity contribution in [2.24, 2.45) is 0 Å². The highest BCUT2D eigenvalue weighted by atomic mass is 16.5. The minimum atomic E-state index is 0.0186. The predicted molar refractivity (Wildman–Crippen MR) is 46.3 cm³/mol. The second-order valence-electron chi connectivity index (χ2n) is 2.69. The van der Waals surface area contributed by atoms with Crippen LogP contribution in [0.5, 0.6) is 0 Å². The Hall–Kier alpha value is -0.940. The molecule has 0 aliphatic carbocycles. The van der Waals surface area contributed by atoms with Crippen LogP contribution >= 0.6 is 0 Å². The van der Waals surface area contributed by atoms with Crippen LogP contribution in [0.4, 0.5) is 11.4 Å². The Morgan fingerprint density at radius 3 is 1.25 bits per heavy atom. The third kappa shape index (κ3) is 2.02. The lowest BCUT2D eigenvalue weighted by Crippen LogP contribution is -2.99. The summed E-state index contributed by atoms with van der Waals surface area (Å²) in [7, 11) is 3.01. The molecular formula is C8H12N2O2. The van der Waals surface area contributed by atoms with E-state index in [0.29, 0.717) is 11.4 Å². The normalized spacial score (nSPS) is 15.7. The predicted octanol–water partition coefficient (Wildman–Crippen LogP) is -1.03. The maximum absolute atomic E-state index is 10.8. The van der Waals surface area contributed by atoms with Gasteiger partial charge < -0.3 is 20.5 Å². The van der Waals surface area contributed by atoms with Crippen LogP contribution in [0.25, 0.3) is 0 Å². The van der Waals surface area contributed by atoms with E-state index in [1.54, 1.807) is 24.3 Å². The summed E-state index contributed by atoms with van der Waals surface area (Å²) in [4.78, 5) is 0. The van der Waals surface area contributed by atoms with Gasteiger partial charge in [-0.2, -0.15) is 0 Å². The molecule has 1 rings (SSSR count). The number of benzene rings is 1. The summed E-state index contributed by atoms with van der Waals surface area (Å²) in [5.74, 6) is 0. The third-order valence-electron chi connectivity index (χ3n) is 1.70. The molecule has 1 aromatic rings. The Labute approximate surface area is 71.2 Å². The van der Waals surface area contributed by atoms with E-state index in [2.05, 4.69) is 0 Å². The fourth-order valence-corrected chi connectivity index (χ4v) is 0.940. The van der Waals surface area contributed by atoms with Gasteiger partial charge in [-0.1, -0.05) is 0 Å². The molecule has 2 N–H and O–H groups in total. The van der Waals surface area contributed by atoms with Crippen molar-refractivity contribution in [1.29, 1.82) is 0 Å². The molecule has 0 aliphatic rings. The van der Waals surface area contributed by atoms with Crippen LogP contribution in [0, 0.1) is 10.4 Å². The van der Waals surface area contributed by atoms with Gasteiger partial charge in [0.15, 0.2) is 0 Å². The zero-order valence-electron chi connectivity index (χ0n) is 7.13. The molecule has 1 aromatic carbocycles. The maximum Gasteiger partial charge on any atom is 0.131 e. The fraction of sp³-hybridized carbons (Fsp3) is 0.250. The molecule has 0 amide bonds. The third-order valence-corrected chi connectivity index (χ3v) is 1.70. The molecule has 0 aliphatic heterocycles. The van der Waals surface area contributed by atoms with Crippen molar-refractivity contribution in [3.63, 3.8) is 0 Å². The molecule has 4 heteroatoms. The molecule has 66 valence electrons. The Bertz CT molecular complexity index is 217. The van der Waals surface area contributed by atoms with E-state index in [0.717, 1.165) is 0 Å². The summed E-state index contributed by atoms with van der Waals surface area (Å²) < 4.78 is 0. The van der Waals surface area contributed by atoms with Crippen LogP contribution in [0.1, 0.15) is 0 Å². The van der Waals surface area contributed by atoms with Gasteiger partial charge in [-0.15, -0.1) is 0 Å². The first kappa shape index (κ1) is 9.15.